The van der Waals surface area contributed by atoms with Gasteiger partial charge in [0.1, 0.15) is 5.37 Å². The molecule has 3 atom stereocenters. The average molecular weight is 422 g/mol. The normalized spacial score (nSPS) is 23.3. The Labute approximate surface area is 170 Å². The van der Waals surface area contributed by atoms with E-state index in [4.69, 9.17) is 11.6 Å². The lowest BCUT2D eigenvalue weighted by molar-refractivity contribution is -0.117. The minimum Gasteiger partial charge on any atom is -0.324 e. The number of anilines is 1. The first-order valence-corrected chi connectivity index (χ1v) is 11.0. The van der Waals surface area contributed by atoms with Crippen LogP contribution in [0.2, 0.25) is 5.02 Å². The fraction of sp³-hybridized carbons (Fsp3) is 0.350. The first kappa shape index (κ1) is 20.8. The van der Waals surface area contributed by atoms with Crippen molar-refractivity contribution in [2.24, 2.45) is 0 Å². The van der Waals surface area contributed by atoms with Gasteiger partial charge in [0, 0.05) is 18.6 Å². The standard InChI is InChI=1S/C20H24ClN3O3S/c1-14-12-24(13-19(25)23-18-11-7-6-10-17(18)21)20(15(2)22-14)28(26,27)16-8-4-3-5-9-16/h3-11,14-15,20,22H,12-13H2,1-2H3,(H,23,25). The number of para-hydroxylation sites is 1. The molecule has 1 aliphatic heterocycles. The van der Waals surface area contributed by atoms with Crippen molar-refractivity contribution in [1.82, 2.24) is 10.2 Å². The van der Waals surface area contributed by atoms with Gasteiger partial charge < -0.3 is 10.6 Å². The number of amides is 1. The molecule has 28 heavy (non-hydrogen) atoms. The van der Waals surface area contributed by atoms with E-state index in [9.17, 15) is 13.2 Å². The van der Waals surface area contributed by atoms with Gasteiger partial charge in [-0.05, 0) is 38.1 Å². The summed E-state index contributed by atoms with van der Waals surface area (Å²) in [5, 5.41) is 5.66. The van der Waals surface area contributed by atoms with E-state index in [-0.39, 0.29) is 29.4 Å². The van der Waals surface area contributed by atoms with Crippen LogP contribution in [0.3, 0.4) is 0 Å². The van der Waals surface area contributed by atoms with Crippen molar-refractivity contribution in [2.45, 2.75) is 36.2 Å². The molecule has 3 unspecified atom stereocenters. The van der Waals surface area contributed by atoms with Gasteiger partial charge in [-0.15, -0.1) is 0 Å². The van der Waals surface area contributed by atoms with Crippen LogP contribution >= 0.6 is 11.6 Å². The molecule has 3 rings (SSSR count). The summed E-state index contributed by atoms with van der Waals surface area (Å²) in [7, 11) is -3.65. The van der Waals surface area contributed by atoms with E-state index in [1.807, 2.05) is 13.8 Å². The Hall–Kier alpha value is -1.93. The third kappa shape index (κ3) is 4.55. The van der Waals surface area contributed by atoms with Gasteiger partial charge in [-0.25, -0.2) is 8.42 Å². The van der Waals surface area contributed by atoms with E-state index in [2.05, 4.69) is 10.6 Å². The van der Waals surface area contributed by atoms with Gasteiger partial charge in [0.2, 0.25) is 5.91 Å². The second-order valence-corrected chi connectivity index (χ2v) is 9.51. The Morgan fingerprint density at radius 2 is 1.79 bits per heavy atom. The summed E-state index contributed by atoms with van der Waals surface area (Å²) in [5.74, 6) is -0.303. The highest BCUT2D eigenvalue weighted by molar-refractivity contribution is 7.92. The van der Waals surface area contributed by atoms with Crippen LogP contribution in [0.4, 0.5) is 5.69 Å². The van der Waals surface area contributed by atoms with Crippen molar-refractivity contribution < 1.29 is 13.2 Å². The van der Waals surface area contributed by atoms with E-state index in [1.165, 1.54) is 0 Å². The third-order valence-corrected chi connectivity index (χ3v) is 7.33. The number of rotatable bonds is 5. The molecule has 1 amide bonds. The van der Waals surface area contributed by atoms with Gasteiger partial charge in [0.25, 0.3) is 0 Å². The van der Waals surface area contributed by atoms with Gasteiger partial charge >= 0.3 is 0 Å². The number of nitrogens with zero attached hydrogens (tertiary/aromatic N) is 1. The van der Waals surface area contributed by atoms with Gasteiger partial charge in [-0.3, -0.25) is 9.69 Å². The second-order valence-electron chi connectivity index (χ2n) is 7.06. The molecule has 1 saturated heterocycles. The maximum absolute atomic E-state index is 13.3. The molecule has 6 nitrogen and oxygen atoms in total. The van der Waals surface area contributed by atoms with E-state index >= 15 is 0 Å². The Morgan fingerprint density at radius 1 is 1.14 bits per heavy atom. The molecule has 1 heterocycles. The van der Waals surface area contributed by atoms with Crippen LogP contribution in [0.25, 0.3) is 0 Å². The lowest BCUT2D eigenvalue weighted by Crippen LogP contribution is -2.64. The topological polar surface area (TPSA) is 78.5 Å². The molecule has 0 saturated carbocycles. The highest BCUT2D eigenvalue weighted by Gasteiger charge is 2.42. The summed E-state index contributed by atoms with van der Waals surface area (Å²) >= 11 is 6.10. The van der Waals surface area contributed by atoms with E-state index in [1.54, 1.807) is 59.5 Å². The number of hydrogen-bond donors (Lipinski definition) is 2. The number of benzene rings is 2. The Morgan fingerprint density at radius 3 is 2.46 bits per heavy atom. The monoisotopic (exact) mass is 421 g/mol. The number of nitrogens with one attached hydrogen (secondary N) is 2. The number of hydrogen-bond acceptors (Lipinski definition) is 5. The molecule has 2 aromatic rings. The van der Waals surface area contributed by atoms with E-state index in [0.29, 0.717) is 17.3 Å². The lowest BCUT2D eigenvalue weighted by Gasteiger charge is -2.42. The summed E-state index contributed by atoms with van der Waals surface area (Å²) in [6.45, 7) is 4.20. The molecule has 1 aliphatic rings. The predicted octanol–water partition coefficient (Wildman–Crippen LogP) is 2.76. The van der Waals surface area contributed by atoms with Crippen molar-refractivity contribution in [1.29, 1.82) is 0 Å². The maximum atomic E-state index is 13.3. The smallest absolute Gasteiger partial charge is 0.238 e. The molecular formula is C20H24ClN3O3S. The molecule has 0 radical (unpaired) electrons. The van der Waals surface area contributed by atoms with E-state index in [0.717, 1.165) is 0 Å². The first-order chi connectivity index (χ1) is 13.3. The van der Waals surface area contributed by atoms with Crippen LogP contribution in [-0.2, 0) is 14.6 Å². The summed E-state index contributed by atoms with van der Waals surface area (Å²) < 4.78 is 26.5. The molecule has 2 N–H and O–H groups in total. The molecule has 0 spiro atoms. The third-order valence-electron chi connectivity index (χ3n) is 4.73. The van der Waals surface area contributed by atoms with Crippen molar-refractivity contribution >= 4 is 33.0 Å². The van der Waals surface area contributed by atoms with E-state index < -0.39 is 15.2 Å². The number of halogens is 1. The van der Waals surface area contributed by atoms with Crippen molar-refractivity contribution in [3.05, 3.63) is 59.6 Å². The molecule has 0 aliphatic carbocycles. The van der Waals surface area contributed by atoms with Gasteiger partial charge in [0.05, 0.1) is 22.2 Å². The van der Waals surface area contributed by atoms with Gasteiger partial charge in [0.15, 0.2) is 9.84 Å². The summed E-state index contributed by atoms with van der Waals surface area (Å²) in [6.07, 6.45) is 0. The SMILES string of the molecule is CC1CN(CC(=O)Nc2ccccc2Cl)C(S(=O)(=O)c2ccccc2)C(C)N1. The summed E-state index contributed by atoms with van der Waals surface area (Å²) in [5.41, 5.74) is 0.507. The van der Waals surface area contributed by atoms with Crippen molar-refractivity contribution in [2.75, 3.05) is 18.4 Å². The number of carbonyl (C=O) groups is 1. The Kier molecular flexibility index (Phi) is 6.40. The van der Waals surface area contributed by atoms with Crippen LogP contribution in [0.5, 0.6) is 0 Å². The molecular weight excluding hydrogens is 398 g/mol. The number of piperazine rings is 1. The first-order valence-electron chi connectivity index (χ1n) is 9.12. The molecule has 150 valence electrons. The average Bonchev–Trinajstić information content (AvgIpc) is 2.63. The van der Waals surface area contributed by atoms with Crippen molar-refractivity contribution in [3.8, 4) is 0 Å². The molecule has 0 bridgehead atoms. The quantitative estimate of drug-likeness (QED) is 0.776. The van der Waals surface area contributed by atoms with Crippen LogP contribution < -0.4 is 10.6 Å². The minimum atomic E-state index is -3.65. The van der Waals surface area contributed by atoms with Crippen LogP contribution in [-0.4, -0.2) is 49.8 Å². The zero-order valence-corrected chi connectivity index (χ0v) is 17.4. The fourth-order valence-electron chi connectivity index (χ4n) is 3.66. The largest absolute Gasteiger partial charge is 0.324 e. The zero-order chi connectivity index (χ0) is 20.3. The molecule has 2 aromatic carbocycles. The predicted molar refractivity (Wildman–Crippen MR) is 111 cm³/mol. The highest BCUT2D eigenvalue weighted by Crippen LogP contribution is 2.25. The molecule has 1 fully saturated rings. The Balaban J connectivity index is 1.84. The van der Waals surface area contributed by atoms with Gasteiger partial charge in [-0.2, -0.15) is 0 Å². The zero-order valence-electron chi connectivity index (χ0n) is 15.8. The lowest BCUT2D eigenvalue weighted by atomic mass is 10.1. The maximum Gasteiger partial charge on any atom is 0.238 e. The molecule has 8 heteroatoms. The van der Waals surface area contributed by atoms with Crippen molar-refractivity contribution in [3.63, 3.8) is 0 Å². The summed E-state index contributed by atoms with van der Waals surface area (Å²) in [4.78, 5) is 14.6. The number of sulfone groups is 1. The van der Waals surface area contributed by atoms with Crippen LogP contribution in [0.15, 0.2) is 59.5 Å². The fourth-order valence-corrected chi connectivity index (χ4v) is 5.83. The number of carbonyl (C=O) groups excluding carboxylic acids is 1. The minimum absolute atomic E-state index is 0.0433. The molecule has 0 aromatic heterocycles. The Bertz CT molecular complexity index is 937. The van der Waals surface area contributed by atoms with Crippen LogP contribution in [0.1, 0.15) is 13.8 Å². The van der Waals surface area contributed by atoms with Crippen LogP contribution in [0, 0.1) is 0 Å². The second kappa shape index (κ2) is 8.61. The van der Waals surface area contributed by atoms with Gasteiger partial charge in [-0.1, -0.05) is 41.9 Å². The summed E-state index contributed by atoms with van der Waals surface area (Å²) in [6, 6.07) is 15.0. The highest BCUT2D eigenvalue weighted by atomic mass is 35.5.